The van der Waals surface area contributed by atoms with Crippen LogP contribution in [0.5, 0.6) is 0 Å². The fraction of sp³-hybridized carbons (Fsp3) is 0.500. The lowest BCUT2D eigenvalue weighted by molar-refractivity contribution is 0.381. The van der Waals surface area contributed by atoms with E-state index in [4.69, 9.17) is 22.8 Å². The van der Waals surface area contributed by atoms with Crippen molar-refractivity contribution in [3.63, 3.8) is 0 Å². The SMILES string of the molecule is CC#N.O.O=S(=O)(O)O. The van der Waals surface area contributed by atoms with Crippen LogP contribution >= 0.6 is 0 Å². The first-order valence-electron chi connectivity index (χ1n) is 1.42. The van der Waals surface area contributed by atoms with Gasteiger partial charge in [-0.25, -0.2) is 0 Å². The molecule has 0 unspecified atom stereocenters. The van der Waals surface area contributed by atoms with E-state index in [-0.39, 0.29) is 5.48 Å². The Morgan fingerprint density at radius 1 is 1.44 bits per heavy atom. The summed E-state index contributed by atoms with van der Waals surface area (Å²) in [6.07, 6.45) is 0. The fourth-order valence-electron chi connectivity index (χ4n) is 0. The van der Waals surface area contributed by atoms with Crippen LogP contribution in [0.15, 0.2) is 0 Å². The topological polar surface area (TPSA) is 130 Å². The van der Waals surface area contributed by atoms with Crippen molar-refractivity contribution in [3.05, 3.63) is 0 Å². The number of hydrogen-bond donors (Lipinski definition) is 2. The molecule has 4 N–H and O–H groups in total. The summed E-state index contributed by atoms with van der Waals surface area (Å²) < 4.78 is 31.6. The molecule has 0 fully saturated rings. The zero-order valence-corrected chi connectivity index (χ0v) is 5.38. The van der Waals surface area contributed by atoms with Gasteiger partial charge >= 0.3 is 10.4 Å². The van der Waals surface area contributed by atoms with E-state index in [9.17, 15) is 0 Å². The van der Waals surface area contributed by atoms with E-state index in [2.05, 4.69) is 0 Å². The molecule has 0 rings (SSSR count). The van der Waals surface area contributed by atoms with Gasteiger partial charge in [0.05, 0.1) is 6.07 Å². The smallest absolute Gasteiger partial charge is 0.394 e. The molecule has 0 saturated heterocycles. The Balaban J connectivity index is -0.0000000800. The minimum Gasteiger partial charge on any atom is -0.412 e. The average molecular weight is 157 g/mol. The van der Waals surface area contributed by atoms with Crippen LogP contribution in [0.3, 0.4) is 0 Å². The molecule has 0 aliphatic carbocycles. The highest BCUT2D eigenvalue weighted by Gasteiger charge is 1.84. The molecule has 0 aromatic heterocycles. The van der Waals surface area contributed by atoms with Gasteiger partial charge in [0.25, 0.3) is 0 Å². The van der Waals surface area contributed by atoms with Gasteiger partial charge in [-0.05, 0) is 0 Å². The molecule has 0 aliphatic heterocycles. The lowest BCUT2D eigenvalue weighted by atomic mass is 11.0. The Hall–Kier alpha value is -0.680. The quantitative estimate of drug-likeness (QED) is 0.438. The highest BCUT2D eigenvalue weighted by molar-refractivity contribution is 7.79. The molecule has 6 nitrogen and oxygen atoms in total. The maximum Gasteiger partial charge on any atom is 0.394 e. The lowest BCUT2D eigenvalue weighted by Gasteiger charge is -1.68. The molecule has 9 heavy (non-hydrogen) atoms. The predicted molar refractivity (Wildman–Crippen MR) is 29.1 cm³/mol. The van der Waals surface area contributed by atoms with Crippen molar-refractivity contribution in [2.45, 2.75) is 6.92 Å². The van der Waals surface area contributed by atoms with Crippen molar-refractivity contribution in [3.8, 4) is 6.07 Å². The van der Waals surface area contributed by atoms with Crippen molar-refractivity contribution >= 4 is 10.4 Å². The van der Waals surface area contributed by atoms with Gasteiger partial charge in [0.15, 0.2) is 0 Å². The maximum atomic E-state index is 8.74. The van der Waals surface area contributed by atoms with E-state index < -0.39 is 10.4 Å². The molecule has 0 bridgehead atoms. The molecule has 0 amide bonds. The average Bonchev–Trinajstić information content (AvgIpc) is 1.27. The summed E-state index contributed by atoms with van der Waals surface area (Å²) in [6.45, 7) is 1.43. The van der Waals surface area contributed by atoms with Crippen LogP contribution in [0.25, 0.3) is 0 Å². The number of hydrogen-bond acceptors (Lipinski definition) is 3. The molecule has 0 aromatic rings. The summed E-state index contributed by atoms with van der Waals surface area (Å²) in [4.78, 5) is 0. The van der Waals surface area contributed by atoms with E-state index in [0.717, 1.165) is 0 Å². The summed E-state index contributed by atoms with van der Waals surface area (Å²) in [5.74, 6) is 0. The number of nitriles is 1. The van der Waals surface area contributed by atoms with E-state index in [1.54, 1.807) is 6.07 Å². The summed E-state index contributed by atoms with van der Waals surface area (Å²) in [7, 11) is -4.67. The fourth-order valence-corrected chi connectivity index (χ4v) is 0. The zero-order chi connectivity index (χ0) is 7.21. The molecule has 7 heteroatoms. The highest BCUT2D eigenvalue weighted by Crippen LogP contribution is 1.59. The highest BCUT2D eigenvalue weighted by atomic mass is 32.3. The predicted octanol–water partition coefficient (Wildman–Crippen LogP) is -0.948. The first kappa shape index (κ1) is 15.8. The Morgan fingerprint density at radius 3 is 1.44 bits per heavy atom. The zero-order valence-electron chi connectivity index (χ0n) is 4.57. The second-order valence-electron chi connectivity index (χ2n) is 0.671. The first-order chi connectivity index (χ1) is 3.41. The Kier molecular flexibility index (Phi) is 12.8. The van der Waals surface area contributed by atoms with Crippen molar-refractivity contribution in [2.24, 2.45) is 0 Å². The molecule has 0 radical (unpaired) electrons. The summed E-state index contributed by atoms with van der Waals surface area (Å²) in [5, 5.41) is 7.32. The van der Waals surface area contributed by atoms with Gasteiger partial charge in [-0.15, -0.1) is 0 Å². The van der Waals surface area contributed by atoms with Crippen LogP contribution in [-0.4, -0.2) is 23.0 Å². The van der Waals surface area contributed by atoms with Crippen LogP contribution < -0.4 is 0 Å². The summed E-state index contributed by atoms with van der Waals surface area (Å²) in [5.41, 5.74) is 0. The summed E-state index contributed by atoms with van der Waals surface area (Å²) in [6, 6.07) is 1.75. The molecule has 0 aliphatic rings. The largest absolute Gasteiger partial charge is 0.412 e. The van der Waals surface area contributed by atoms with Gasteiger partial charge in [0, 0.05) is 6.92 Å². The van der Waals surface area contributed by atoms with Crippen molar-refractivity contribution in [1.29, 1.82) is 5.26 Å². The molecule has 0 saturated carbocycles. The van der Waals surface area contributed by atoms with E-state index >= 15 is 0 Å². The van der Waals surface area contributed by atoms with Crippen LogP contribution in [0.2, 0.25) is 0 Å². The third-order valence-electron chi connectivity index (χ3n) is 0. The minimum absolute atomic E-state index is 0. The molecular formula is C2H7NO5S. The lowest BCUT2D eigenvalue weighted by Crippen LogP contribution is -1.89. The summed E-state index contributed by atoms with van der Waals surface area (Å²) >= 11 is 0. The minimum atomic E-state index is -4.67. The van der Waals surface area contributed by atoms with Crippen LogP contribution in [-0.2, 0) is 10.4 Å². The maximum absolute atomic E-state index is 8.74. The number of rotatable bonds is 0. The first-order valence-corrected chi connectivity index (χ1v) is 2.82. The van der Waals surface area contributed by atoms with Crippen molar-refractivity contribution in [1.82, 2.24) is 0 Å². The van der Waals surface area contributed by atoms with Crippen LogP contribution in [0.1, 0.15) is 6.92 Å². The van der Waals surface area contributed by atoms with Gasteiger partial charge in [-0.3, -0.25) is 9.11 Å². The van der Waals surface area contributed by atoms with E-state index in [0.29, 0.717) is 0 Å². The molecule has 0 aromatic carbocycles. The third-order valence-corrected chi connectivity index (χ3v) is 0. The van der Waals surface area contributed by atoms with Gasteiger partial charge in [-0.1, -0.05) is 0 Å². The molecular weight excluding hydrogens is 150 g/mol. The number of nitrogens with zero attached hydrogens (tertiary/aromatic N) is 1. The van der Waals surface area contributed by atoms with Gasteiger partial charge < -0.3 is 5.48 Å². The molecule has 0 spiro atoms. The molecule has 0 atom stereocenters. The monoisotopic (exact) mass is 157 g/mol. The van der Waals surface area contributed by atoms with Crippen LogP contribution in [0, 0.1) is 11.3 Å². The molecule has 0 heterocycles. The van der Waals surface area contributed by atoms with E-state index in [1.165, 1.54) is 6.92 Å². The standard InChI is InChI=1S/C2H3N.H2O4S.H2O/c1-2-3;1-5(2,3)4;/h1H3;(H2,1,2,3,4);1H2. The Morgan fingerprint density at radius 2 is 1.44 bits per heavy atom. The van der Waals surface area contributed by atoms with Gasteiger partial charge in [0.2, 0.25) is 0 Å². The van der Waals surface area contributed by atoms with Crippen molar-refractivity contribution < 1.29 is 23.0 Å². The van der Waals surface area contributed by atoms with Gasteiger partial charge in [0.1, 0.15) is 0 Å². The van der Waals surface area contributed by atoms with Crippen molar-refractivity contribution in [2.75, 3.05) is 0 Å². The molecule has 56 valence electrons. The third kappa shape index (κ3) is 448. The van der Waals surface area contributed by atoms with Crippen LogP contribution in [0.4, 0.5) is 0 Å². The second kappa shape index (κ2) is 7.32. The second-order valence-corrected chi connectivity index (χ2v) is 1.57. The van der Waals surface area contributed by atoms with Gasteiger partial charge in [-0.2, -0.15) is 13.7 Å². The normalized spacial score (nSPS) is 7.33. The Labute approximate surface area is 52.6 Å². The van der Waals surface area contributed by atoms with E-state index in [1.807, 2.05) is 0 Å². The Bertz CT molecular complexity index is 156.